The summed E-state index contributed by atoms with van der Waals surface area (Å²) < 4.78 is 5.07. The predicted molar refractivity (Wildman–Crippen MR) is 91.1 cm³/mol. The largest absolute Gasteiger partial charge is 0.497 e. The van der Waals surface area contributed by atoms with E-state index in [-0.39, 0.29) is 5.57 Å². The number of anilines is 1. The lowest BCUT2D eigenvalue weighted by Crippen LogP contribution is -2.13. The van der Waals surface area contributed by atoms with E-state index in [2.05, 4.69) is 5.32 Å². The summed E-state index contributed by atoms with van der Waals surface area (Å²) in [5.74, 6) is 0.270. The van der Waals surface area contributed by atoms with E-state index in [0.717, 1.165) is 16.7 Å². The third kappa shape index (κ3) is 4.21. The molecule has 2 rings (SSSR count). The molecule has 0 atom stereocenters. The van der Waals surface area contributed by atoms with Crippen molar-refractivity contribution in [1.29, 1.82) is 5.26 Å². The minimum atomic E-state index is -0.433. The number of nitrogens with zero attached hydrogens (tertiary/aromatic N) is 1. The van der Waals surface area contributed by atoms with Gasteiger partial charge < -0.3 is 10.1 Å². The Labute approximate surface area is 136 Å². The first-order valence-electron chi connectivity index (χ1n) is 7.18. The van der Waals surface area contributed by atoms with Crippen LogP contribution in [0.2, 0.25) is 0 Å². The lowest BCUT2D eigenvalue weighted by molar-refractivity contribution is -0.112. The van der Waals surface area contributed by atoms with Crippen molar-refractivity contribution in [3.63, 3.8) is 0 Å². The summed E-state index contributed by atoms with van der Waals surface area (Å²) in [6, 6.07) is 14.8. The van der Waals surface area contributed by atoms with Crippen molar-refractivity contribution >= 4 is 17.7 Å². The second kappa shape index (κ2) is 7.28. The van der Waals surface area contributed by atoms with E-state index in [9.17, 15) is 10.1 Å². The van der Waals surface area contributed by atoms with E-state index in [0.29, 0.717) is 11.4 Å². The predicted octanol–water partition coefficient (Wildman–Crippen LogP) is 3.86. The zero-order chi connectivity index (χ0) is 16.8. The molecule has 0 radical (unpaired) electrons. The molecule has 23 heavy (non-hydrogen) atoms. The van der Waals surface area contributed by atoms with Crippen LogP contribution in [0.25, 0.3) is 6.08 Å². The van der Waals surface area contributed by atoms with Gasteiger partial charge in [-0.2, -0.15) is 5.26 Å². The number of aryl methyl sites for hydroxylation is 2. The van der Waals surface area contributed by atoms with Crippen LogP contribution in [0.3, 0.4) is 0 Å². The van der Waals surface area contributed by atoms with Crippen LogP contribution in [0.4, 0.5) is 5.69 Å². The van der Waals surface area contributed by atoms with Crippen molar-refractivity contribution in [3.8, 4) is 11.8 Å². The van der Waals surface area contributed by atoms with Crippen molar-refractivity contribution in [1.82, 2.24) is 0 Å². The summed E-state index contributed by atoms with van der Waals surface area (Å²) in [5.41, 5.74) is 3.69. The maximum atomic E-state index is 12.2. The van der Waals surface area contributed by atoms with Crippen molar-refractivity contribution in [2.45, 2.75) is 13.8 Å². The Bertz CT molecular complexity index is 784. The third-order valence-corrected chi connectivity index (χ3v) is 3.44. The molecule has 4 nitrogen and oxygen atoms in total. The molecule has 0 bridgehead atoms. The topological polar surface area (TPSA) is 62.1 Å². The molecule has 0 spiro atoms. The van der Waals surface area contributed by atoms with Crippen LogP contribution in [0.5, 0.6) is 5.75 Å². The average molecular weight is 306 g/mol. The number of nitrogens with one attached hydrogen (secondary N) is 1. The lowest BCUT2D eigenvalue weighted by atomic mass is 10.0. The molecular weight excluding hydrogens is 288 g/mol. The van der Waals surface area contributed by atoms with Gasteiger partial charge in [-0.25, -0.2) is 0 Å². The molecule has 0 aromatic heterocycles. The third-order valence-electron chi connectivity index (χ3n) is 3.44. The smallest absolute Gasteiger partial charge is 0.266 e. The van der Waals surface area contributed by atoms with Crippen LogP contribution in [0.1, 0.15) is 16.7 Å². The van der Waals surface area contributed by atoms with Gasteiger partial charge in [-0.1, -0.05) is 23.8 Å². The molecule has 0 saturated heterocycles. The van der Waals surface area contributed by atoms with Gasteiger partial charge in [0.25, 0.3) is 5.91 Å². The minimum absolute atomic E-state index is 0.0628. The molecule has 116 valence electrons. The normalized spacial score (nSPS) is 10.8. The number of carbonyl (C=O) groups excluding carboxylic acids is 1. The van der Waals surface area contributed by atoms with E-state index in [1.807, 2.05) is 38.1 Å². The molecular formula is C19H18N2O2. The van der Waals surface area contributed by atoms with E-state index in [1.54, 1.807) is 37.5 Å². The van der Waals surface area contributed by atoms with E-state index < -0.39 is 5.91 Å². The fraction of sp³-hybridized carbons (Fsp3) is 0.158. The first-order chi connectivity index (χ1) is 11.0. The molecule has 0 aliphatic carbocycles. The van der Waals surface area contributed by atoms with Crippen LogP contribution in [0.15, 0.2) is 48.0 Å². The van der Waals surface area contributed by atoms with Crippen LogP contribution in [-0.4, -0.2) is 13.0 Å². The molecule has 1 N–H and O–H groups in total. The molecule has 0 heterocycles. The summed E-state index contributed by atoms with van der Waals surface area (Å²) in [6.45, 7) is 3.96. The van der Waals surface area contributed by atoms with E-state index in [4.69, 9.17) is 4.74 Å². The molecule has 0 aliphatic rings. The average Bonchev–Trinajstić information content (AvgIpc) is 2.54. The first kappa shape index (κ1) is 16.3. The zero-order valence-electron chi connectivity index (χ0n) is 13.4. The van der Waals surface area contributed by atoms with Gasteiger partial charge >= 0.3 is 0 Å². The highest BCUT2D eigenvalue weighted by Crippen LogP contribution is 2.17. The fourth-order valence-corrected chi connectivity index (χ4v) is 2.16. The molecule has 0 unspecified atom stereocenters. The van der Waals surface area contributed by atoms with Crippen LogP contribution < -0.4 is 10.1 Å². The van der Waals surface area contributed by atoms with Gasteiger partial charge in [0.15, 0.2) is 0 Å². The highest BCUT2D eigenvalue weighted by atomic mass is 16.5. The number of ether oxygens (including phenoxy) is 1. The van der Waals surface area contributed by atoms with Gasteiger partial charge in [0, 0.05) is 5.69 Å². The number of hydrogen-bond donors (Lipinski definition) is 1. The van der Waals surface area contributed by atoms with Crippen molar-refractivity contribution in [2.75, 3.05) is 12.4 Å². The number of methoxy groups -OCH3 is 1. The van der Waals surface area contributed by atoms with Crippen molar-refractivity contribution < 1.29 is 9.53 Å². The van der Waals surface area contributed by atoms with Crippen LogP contribution in [0, 0.1) is 25.2 Å². The molecule has 0 aliphatic heterocycles. The Morgan fingerprint density at radius 1 is 1.17 bits per heavy atom. The molecule has 2 aromatic carbocycles. The first-order valence-corrected chi connectivity index (χ1v) is 7.18. The van der Waals surface area contributed by atoms with Gasteiger partial charge in [-0.15, -0.1) is 0 Å². The number of amides is 1. The van der Waals surface area contributed by atoms with Crippen molar-refractivity contribution in [2.24, 2.45) is 0 Å². The Hall–Kier alpha value is -3.06. The standard InChI is InChI=1S/C19H18N2O2/c1-13-4-5-15(14(2)10-13)11-16(12-20)19(22)21-17-6-8-18(23-3)9-7-17/h4-11H,1-3H3,(H,21,22)/b16-11+. The zero-order valence-corrected chi connectivity index (χ0v) is 13.4. The summed E-state index contributed by atoms with van der Waals surface area (Å²) in [7, 11) is 1.58. The minimum Gasteiger partial charge on any atom is -0.497 e. The SMILES string of the molecule is COc1ccc(NC(=O)/C(C#N)=C/c2ccc(C)cc2C)cc1. The highest BCUT2D eigenvalue weighted by Gasteiger charge is 2.10. The van der Waals surface area contributed by atoms with Gasteiger partial charge in [0.05, 0.1) is 7.11 Å². The second-order valence-electron chi connectivity index (χ2n) is 5.21. The number of nitriles is 1. The quantitative estimate of drug-likeness (QED) is 0.689. The summed E-state index contributed by atoms with van der Waals surface area (Å²) in [5, 5.41) is 12.0. The highest BCUT2D eigenvalue weighted by molar-refractivity contribution is 6.09. The number of benzene rings is 2. The van der Waals surface area contributed by atoms with E-state index in [1.165, 1.54) is 0 Å². The molecule has 0 fully saturated rings. The summed E-state index contributed by atoms with van der Waals surface area (Å²) in [6.07, 6.45) is 1.60. The number of rotatable bonds is 4. The van der Waals surface area contributed by atoms with Gasteiger partial charge in [-0.05, 0) is 55.3 Å². The Morgan fingerprint density at radius 3 is 2.43 bits per heavy atom. The molecule has 0 saturated carbocycles. The Balaban J connectivity index is 2.20. The second-order valence-corrected chi connectivity index (χ2v) is 5.21. The van der Waals surface area contributed by atoms with Crippen LogP contribution in [-0.2, 0) is 4.79 Å². The maximum absolute atomic E-state index is 12.2. The maximum Gasteiger partial charge on any atom is 0.266 e. The number of carbonyl (C=O) groups is 1. The lowest BCUT2D eigenvalue weighted by Gasteiger charge is -2.06. The van der Waals surface area contributed by atoms with Crippen molar-refractivity contribution in [3.05, 3.63) is 64.7 Å². The molecule has 4 heteroatoms. The Morgan fingerprint density at radius 2 is 1.87 bits per heavy atom. The van der Waals surface area contributed by atoms with Gasteiger partial charge in [-0.3, -0.25) is 4.79 Å². The van der Waals surface area contributed by atoms with E-state index >= 15 is 0 Å². The fourth-order valence-electron chi connectivity index (χ4n) is 2.16. The van der Waals surface area contributed by atoms with Crippen LogP contribution >= 0.6 is 0 Å². The molecule has 1 amide bonds. The van der Waals surface area contributed by atoms with Gasteiger partial charge in [0.2, 0.25) is 0 Å². The Kier molecular flexibility index (Phi) is 5.16. The summed E-state index contributed by atoms with van der Waals surface area (Å²) >= 11 is 0. The summed E-state index contributed by atoms with van der Waals surface area (Å²) in [4.78, 5) is 12.2. The molecule has 2 aromatic rings. The number of hydrogen-bond acceptors (Lipinski definition) is 3. The van der Waals surface area contributed by atoms with Gasteiger partial charge in [0.1, 0.15) is 17.4 Å². The monoisotopic (exact) mass is 306 g/mol.